The summed E-state index contributed by atoms with van der Waals surface area (Å²) in [7, 11) is -3.46. The van der Waals surface area contributed by atoms with Crippen LogP contribution in [-0.2, 0) is 10.0 Å². The van der Waals surface area contributed by atoms with Crippen LogP contribution in [0.25, 0.3) is 0 Å². The number of aromatic nitrogens is 1. The maximum absolute atomic E-state index is 12.7. The lowest BCUT2D eigenvalue weighted by Gasteiger charge is -2.15. The second kappa shape index (κ2) is 8.12. The minimum atomic E-state index is -3.46. The Bertz CT molecular complexity index is 934. The van der Waals surface area contributed by atoms with E-state index in [1.807, 2.05) is 39.0 Å². The fourth-order valence-electron chi connectivity index (χ4n) is 3.03. The molecule has 144 valence electrons. The van der Waals surface area contributed by atoms with Crippen molar-refractivity contribution in [2.45, 2.75) is 48.8 Å². The van der Waals surface area contributed by atoms with Crippen molar-refractivity contribution in [2.24, 2.45) is 0 Å². The van der Waals surface area contributed by atoms with E-state index in [0.717, 1.165) is 24.0 Å². The van der Waals surface area contributed by atoms with E-state index in [9.17, 15) is 13.2 Å². The zero-order valence-electron chi connectivity index (χ0n) is 15.8. The minimum absolute atomic E-state index is 0.0404. The number of carbonyl (C=O) groups excluding carboxylic acids is 1. The summed E-state index contributed by atoms with van der Waals surface area (Å²) >= 11 is 1.34. The van der Waals surface area contributed by atoms with Gasteiger partial charge in [-0.3, -0.25) is 4.79 Å². The predicted octanol–water partition coefficient (Wildman–Crippen LogP) is 3.85. The number of carbonyl (C=O) groups is 1. The minimum Gasteiger partial charge on any atom is -0.293 e. The average Bonchev–Trinajstić information content (AvgIpc) is 3.19. The lowest BCUT2D eigenvalue weighted by Crippen LogP contribution is -2.27. The molecule has 1 aromatic carbocycles. The first-order valence-electron chi connectivity index (χ1n) is 9.03. The van der Waals surface area contributed by atoms with Crippen molar-refractivity contribution in [3.8, 4) is 0 Å². The Kier molecular flexibility index (Phi) is 6.03. The van der Waals surface area contributed by atoms with Crippen LogP contribution in [0, 0.1) is 13.8 Å². The molecule has 0 amide bonds. The van der Waals surface area contributed by atoms with Gasteiger partial charge in [0, 0.05) is 24.8 Å². The molecule has 7 heteroatoms. The number of Topliss-reactive ketones (excluding diaryl/α,β-unsaturated/α-hetero) is 1. The van der Waals surface area contributed by atoms with Crippen molar-refractivity contribution in [1.82, 2.24) is 9.29 Å². The number of nitrogens with zero attached hydrogens (tertiary/aromatic N) is 2. The molecule has 1 aliphatic rings. The van der Waals surface area contributed by atoms with Gasteiger partial charge in [0.1, 0.15) is 4.90 Å². The molecular formula is C20H24N2O3S2. The van der Waals surface area contributed by atoms with Gasteiger partial charge in [0.15, 0.2) is 5.78 Å². The van der Waals surface area contributed by atoms with Crippen molar-refractivity contribution in [2.75, 3.05) is 13.1 Å². The highest BCUT2D eigenvalue weighted by Gasteiger charge is 2.27. The second-order valence-electron chi connectivity index (χ2n) is 6.87. The van der Waals surface area contributed by atoms with Gasteiger partial charge in [-0.15, -0.1) is 0 Å². The first-order chi connectivity index (χ1) is 12.8. The first-order valence-corrected chi connectivity index (χ1v) is 11.4. The molecule has 0 radical (unpaired) electrons. The highest BCUT2D eigenvalue weighted by Crippen LogP contribution is 2.27. The molecule has 3 rings (SSSR count). The number of ketones is 1. The average molecular weight is 405 g/mol. The maximum atomic E-state index is 12.7. The number of pyridine rings is 1. The third-order valence-corrected chi connectivity index (χ3v) is 7.80. The maximum Gasteiger partial charge on any atom is 0.244 e. The van der Waals surface area contributed by atoms with Crippen LogP contribution in [0.2, 0.25) is 0 Å². The van der Waals surface area contributed by atoms with E-state index in [1.165, 1.54) is 22.3 Å². The largest absolute Gasteiger partial charge is 0.293 e. The van der Waals surface area contributed by atoms with Gasteiger partial charge in [0.25, 0.3) is 0 Å². The molecule has 5 nitrogen and oxygen atoms in total. The number of hydrogen-bond acceptors (Lipinski definition) is 5. The summed E-state index contributed by atoms with van der Waals surface area (Å²) in [6, 6.07) is 8.97. The van der Waals surface area contributed by atoms with E-state index in [4.69, 9.17) is 0 Å². The van der Waals surface area contributed by atoms with Gasteiger partial charge < -0.3 is 0 Å². The Morgan fingerprint density at radius 3 is 2.41 bits per heavy atom. The molecule has 2 heterocycles. The molecule has 0 bridgehead atoms. The summed E-state index contributed by atoms with van der Waals surface area (Å²) in [6.07, 6.45) is 3.20. The van der Waals surface area contributed by atoms with Crippen LogP contribution in [0.4, 0.5) is 0 Å². The third-order valence-electron chi connectivity index (χ3n) is 4.87. The van der Waals surface area contributed by atoms with Crippen molar-refractivity contribution < 1.29 is 13.2 Å². The monoisotopic (exact) mass is 404 g/mol. The number of thioether (sulfide) groups is 1. The van der Waals surface area contributed by atoms with E-state index in [-0.39, 0.29) is 15.9 Å². The van der Waals surface area contributed by atoms with Crippen LogP contribution in [0.5, 0.6) is 0 Å². The second-order valence-corrected chi connectivity index (χ2v) is 10.2. The molecule has 1 fully saturated rings. The summed E-state index contributed by atoms with van der Waals surface area (Å²) in [6.45, 7) is 6.99. The summed E-state index contributed by atoms with van der Waals surface area (Å²) in [5.74, 6) is 0.0404. The van der Waals surface area contributed by atoms with Crippen LogP contribution in [0.3, 0.4) is 0 Å². The van der Waals surface area contributed by atoms with Gasteiger partial charge >= 0.3 is 0 Å². The number of aryl methyl sites for hydroxylation is 2. The molecule has 1 saturated heterocycles. The zero-order valence-corrected chi connectivity index (χ0v) is 17.4. The number of hydrogen-bond donors (Lipinski definition) is 0. The molecule has 1 aromatic heterocycles. The molecule has 2 aromatic rings. The quantitative estimate of drug-likeness (QED) is 0.540. The number of sulfonamides is 1. The fraction of sp³-hybridized carbons (Fsp3) is 0.400. The van der Waals surface area contributed by atoms with Gasteiger partial charge in [-0.1, -0.05) is 23.9 Å². The van der Waals surface area contributed by atoms with Gasteiger partial charge in [-0.25, -0.2) is 13.4 Å². The smallest absolute Gasteiger partial charge is 0.244 e. The Hall–Kier alpha value is -1.70. The Morgan fingerprint density at radius 1 is 1.11 bits per heavy atom. The Morgan fingerprint density at radius 2 is 1.81 bits per heavy atom. The van der Waals surface area contributed by atoms with E-state index in [2.05, 4.69) is 4.98 Å². The van der Waals surface area contributed by atoms with Crippen LogP contribution in [0.1, 0.15) is 41.3 Å². The van der Waals surface area contributed by atoms with Crippen LogP contribution < -0.4 is 0 Å². The Labute approximate surface area is 165 Å². The summed E-state index contributed by atoms with van der Waals surface area (Å²) in [5, 5.41) is 0.334. The first kappa shape index (κ1) is 20.0. The molecule has 1 aliphatic heterocycles. The molecular weight excluding hydrogens is 380 g/mol. The normalized spacial score (nSPS) is 16.4. The van der Waals surface area contributed by atoms with Crippen molar-refractivity contribution in [3.05, 3.63) is 53.2 Å². The molecule has 0 spiro atoms. The lowest BCUT2D eigenvalue weighted by molar-refractivity contribution is 0.0994. The van der Waals surface area contributed by atoms with Gasteiger partial charge in [0.2, 0.25) is 10.0 Å². The molecule has 0 aliphatic carbocycles. The van der Waals surface area contributed by atoms with Crippen LogP contribution in [0.15, 0.2) is 46.5 Å². The molecule has 0 saturated carbocycles. The number of rotatable bonds is 6. The molecule has 1 atom stereocenters. The lowest BCUT2D eigenvalue weighted by atomic mass is 10.0. The SMILES string of the molecule is Cc1ccc(C(=O)[C@H](C)Sc2ccc(S(=O)(=O)N3CCCC3)cn2)cc1C. The van der Waals surface area contributed by atoms with Crippen LogP contribution >= 0.6 is 11.8 Å². The predicted molar refractivity (Wildman–Crippen MR) is 108 cm³/mol. The van der Waals surface area contributed by atoms with Gasteiger partial charge in [0.05, 0.1) is 10.3 Å². The molecule has 0 unspecified atom stereocenters. The standard InChI is InChI=1S/C20H24N2O3S2/c1-14-6-7-17(12-15(14)2)20(23)16(3)26-19-9-8-18(13-21-19)27(24,25)22-10-4-5-11-22/h6-9,12-13,16H,4-5,10-11H2,1-3H3/t16-/m0/s1. The third kappa shape index (κ3) is 4.42. The van der Waals surface area contributed by atoms with E-state index in [0.29, 0.717) is 23.7 Å². The summed E-state index contributed by atoms with van der Waals surface area (Å²) in [5.41, 5.74) is 2.93. The highest BCUT2D eigenvalue weighted by molar-refractivity contribution is 8.00. The van der Waals surface area contributed by atoms with Gasteiger partial charge in [-0.05, 0) is 62.9 Å². The Balaban J connectivity index is 1.70. The van der Waals surface area contributed by atoms with Crippen molar-refractivity contribution in [3.63, 3.8) is 0 Å². The van der Waals surface area contributed by atoms with E-state index in [1.54, 1.807) is 12.1 Å². The summed E-state index contributed by atoms with van der Waals surface area (Å²) in [4.78, 5) is 17.1. The summed E-state index contributed by atoms with van der Waals surface area (Å²) < 4.78 is 26.6. The van der Waals surface area contributed by atoms with Crippen molar-refractivity contribution >= 4 is 27.6 Å². The van der Waals surface area contributed by atoms with Crippen LogP contribution in [-0.4, -0.2) is 41.8 Å². The molecule has 27 heavy (non-hydrogen) atoms. The van der Waals surface area contributed by atoms with E-state index >= 15 is 0 Å². The highest BCUT2D eigenvalue weighted by atomic mass is 32.2. The zero-order chi connectivity index (χ0) is 19.6. The fourth-order valence-corrected chi connectivity index (χ4v) is 5.36. The van der Waals surface area contributed by atoms with Gasteiger partial charge in [-0.2, -0.15) is 4.31 Å². The number of benzene rings is 1. The molecule has 0 N–H and O–H groups in total. The van der Waals surface area contributed by atoms with E-state index < -0.39 is 10.0 Å². The van der Waals surface area contributed by atoms with Crippen molar-refractivity contribution in [1.29, 1.82) is 0 Å². The topological polar surface area (TPSA) is 67.3 Å².